The third-order valence-electron chi connectivity index (χ3n) is 6.23. The number of carbonyl (C=O) groups excluding carboxylic acids is 3. The average Bonchev–Trinajstić information content (AvgIpc) is 3.52. The van der Waals surface area contributed by atoms with Gasteiger partial charge >= 0.3 is 0 Å². The minimum atomic E-state index is -3.95. The SMILES string of the molecule is Cc1nc(C(=O)N2CC[C@H](NS(=O)(=O)c3cn(C)cn3)C[C@H]2C(=O)N[C@H](Cc2ccccc2)C(N)=O)cs1. The molecule has 0 aliphatic carbocycles. The number of hydrogen-bond donors (Lipinski definition) is 3. The molecule has 3 aromatic rings. The Morgan fingerprint density at radius 3 is 2.58 bits per heavy atom. The number of nitrogens with two attached hydrogens (primary N) is 1. The van der Waals surface area contributed by atoms with Gasteiger partial charge in [-0.3, -0.25) is 14.4 Å². The lowest BCUT2D eigenvalue weighted by Crippen LogP contribution is -2.59. The Hall–Kier alpha value is -3.62. The van der Waals surface area contributed by atoms with E-state index in [1.54, 1.807) is 19.4 Å². The monoisotopic (exact) mass is 559 g/mol. The zero-order chi connectivity index (χ0) is 27.4. The smallest absolute Gasteiger partial charge is 0.274 e. The van der Waals surface area contributed by atoms with Crippen molar-refractivity contribution in [2.75, 3.05) is 6.54 Å². The molecule has 0 unspecified atom stereocenters. The third-order valence-corrected chi connectivity index (χ3v) is 8.40. The molecule has 14 heteroatoms. The number of rotatable bonds is 9. The zero-order valence-corrected chi connectivity index (χ0v) is 22.5. The summed E-state index contributed by atoms with van der Waals surface area (Å²) in [4.78, 5) is 48.5. The molecule has 12 nitrogen and oxygen atoms in total. The van der Waals surface area contributed by atoms with E-state index in [0.29, 0.717) is 5.01 Å². The highest BCUT2D eigenvalue weighted by Crippen LogP contribution is 2.23. The molecular weight excluding hydrogens is 530 g/mol. The number of nitrogens with zero attached hydrogens (tertiary/aromatic N) is 4. The van der Waals surface area contributed by atoms with Crippen molar-refractivity contribution in [2.24, 2.45) is 12.8 Å². The second-order valence-electron chi connectivity index (χ2n) is 9.14. The number of aryl methyl sites for hydroxylation is 2. The molecule has 1 aliphatic heterocycles. The van der Waals surface area contributed by atoms with Gasteiger partial charge in [0.05, 0.1) is 11.3 Å². The summed E-state index contributed by atoms with van der Waals surface area (Å²) >= 11 is 1.31. The van der Waals surface area contributed by atoms with Crippen molar-refractivity contribution >= 4 is 39.1 Å². The van der Waals surface area contributed by atoms with Crippen LogP contribution in [-0.2, 0) is 33.1 Å². The maximum Gasteiger partial charge on any atom is 0.274 e. The van der Waals surface area contributed by atoms with Gasteiger partial charge in [-0.15, -0.1) is 11.3 Å². The Labute approximate surface area is 224 Å². The Kier molecular flexibility index (Phi) is 8.23. The zero-order valence-electron chi connectivity index (χ0n) is 20.9. The van der Waals surface area contributed by atoms with Crippen LogP contribution in [0.2, 0.25) is 0 Å². The highest BCUT2D eigenvalue weighted by Gasteiger charge is 2.40. The molecule has 1 aromatic carbocycles. The number of likely N-dealkylation sites (tertiary alicyclic amines) is 1. The largest absolute Gasteiger partial charge is 0.368 e. The van der Waals surface area contributed by atoms with E-state index >= 15 is 0 Å². The van der Waals surface area contributed by atoms with Crippen LogP contribution in [0.3, 0.4) is 0 Å². The van der Waals surface area contributed by atoms with Crippen molar-refractivity contribution in [1.82, 2.24) is 29.5 Å². The topological polar surface area (TPSA) is 169 Å². The fraction of sp³-hybridized carbons (Fsp3) is 0.375. The predicted molar refractivity (Wildman–Crippen MR) is 139 cm³/mol. The normalized spacial score (nSPS) is 18.6. The van der Waals surface area contributed by atoms with Gasteiger partial charge in [-0.25, -0.2) is 23.1 Å². The Balaban J connectivity index is 1.56. The lowest BCUT2D eigenvalue weighted by Gasteiger charge is -2.38. The number of sulfonamides is 1. The Morgan fingerprint density at radius 1 is 1.24 bits per heavy atom. The third kappa shape index (κ3) is 6.44. The molecule has 3 amide bonds. The number of carbonyl (C=O) groups is 3. The molecule has 4 N–H and O–H groups in total. The van der Waals surface area contributed by atoms with E-state index in [-0.39, 0.29) is 36.5 Å². The van der Waals surface area contributed by atoms with Crippen molar-refractivity contribution < 1.29 is 22.8 Å². The van der Waals surface area contributed by atoms with Crippen LogP contribution in [-0.4, -0.2) is 70.2 Å². The van der Waals surface area contributed by atoms with Crippen LogP contribution in [0.25, 0.3) is 0 Å². The van der Waals surface area contributed by atoms with Gasteiger partial charge in [0, 0.05) is 37.6 Å². The maximum atomic E-state index is 13.5. The molecule has 202 valence electrons. The summed E-state index contributed by atoms with van der Waals surface area (Å²) in [7, 11) is -2.30. The molecule has 38 heavy (non-hydrogen) atoms. The van der Waals surface area contributed by atoms with Gasteiger partial charge in [0.25, 0.3) is 15.9 Å². The highest BCUT2D eigenvalue weighted by atomic mass is 32.2. The number of thiazole rings is 1. The number of imidazole rings is 1. The molecule has 0 bridgehead atoms. The number of piperidine rings is 1. The van der Waals surface area contributed by atoms with E-state index in [0.717, 1.165) is 5.56 Å². The van der Waals surface area contributed by atoms with E-state index in [1.807, 2.05) is 30.3 Å². The number of amides is 3. The second-order valence-corrected chi connectivity index (χ2v) is 11.9. The molecule has 2 aromatic heterocycles. The molecule has 4 rings (SSSR count). The van der Waals surface area contributed by atoms with Crippen LogP contribution in [0.15, 0.2) is 53.3 Å². The van der Waals surface area contributed by atoms with E-state index in [9.17, 15) is 22.8 Å². The lowest BCUT2D eigenvalue weighted by atomic mass is 9.96. The van der Waals surface area contributed by atoms with E-state index < -0.39 is 45.9 Å². The Morgan fingerprint density at radius 2 is 1.97 bits per heavy atom. The summed E-state index contributed by atoms with van der Waals surface area (Å²) < 4.78 is 29.8. The molecule has 1 fully saturated rings. The van der Waals surface area contributed by atoms with E-state index in [4.69, 9.17) is 5.73 Å². The summed E-state index contributed by atoms with van der Waals surface area (Å²) in [5, 5.41) is 4.85. The number of primary amides is 1. The lowest BCUT2D eigenvalue weighted by molar-refractivity contribution is -0.131. The molecule has 3 atom stereocenters. The summed E-state index contributed by atoms with van der Waals surface area (Å²) in [6.45, 7) is 1.87. The quantitative estimate of drug-likeness (QED) is 0.340. The first-order valence-electron chi connectivity index (χ1n) is 11.9. The molecule has 1 aliphatic rings. The van der Waals surface area contributed by atoms with Gasteiger partial charge in [0.2, 0.25) is 11.8 Å². The van der Waals surface area contributed by atoms with Crippen molar-refractivity contribution in [3.8, 4) is 0 Å². The van der Waals surface area contributed by atoms with Crippen LogP contribution >= 0.6 is 11.3 Å². The van der Waals surface area contributed by atoms with Crippen molar-refractivity contribution in [3.63, 3.8) is 0 Å². The van der Waals surface area contributed by atoms with Crippen molar-refractivity contribution in [1.29, 1.82) is 0 Å². The van der Waals surface area contributed by atoms with Crippen LogP contribution in [0.5, 0.6) is 0 Å². The predicted octanol–water partition coefficient (Wildman–Crippen LogP) is 0.350. The molecule has 0 spiro atoms. The molecule has 1 saturated heterocycles. The standard InChI is InChI=1S/C24H29N7O5S2/c1-15-27-19(13-37-15)24(34)31-9-8-17(29-38(35,36)21-12-30(2)14-26-21)11-20(31)23(33)28-18(22(25)32)10-16-6-4-3-5-7-16/h3-7,12-14,17-18,20,29H,8-11H2,1-2H3,(H2,25,32)(H,28,33)/t17-,18+,20-/m0/s1. The molecule has 0 radical (unpaired) electrons. The van der Waals surface area contributed by atoms with E-state index in [1.165, 1.54) is 33.3 Å². The first-order chi connectivity index (χ1) is 18.0. The molecule has 0 saturated carbocycles. The number of hydrogen-bond acceptors (Lipinski definition) is 8. The van der Waals surface area contributed by atoms with E-state index in [2.05, 4.69) is 20.0 Å². The Bertz CT molecular complexity index is 1420. The minimum Gasteiger partial charge on any atom is -0.368 e. The van der Waals surface area contributed by atoms with Gasteiger partial charge in [-0.1, -0.05) is 30.3 Å². The fourth-order valence-corrected chi connectivity index (χ4v) is 6.17. The van der Waals surface area contributed by atoms with Gasteiger partial charge in [-0.05, 0) is 25.3 Å². The maximum absolute atomic E-state index is 13.5. The van der Waals surface area contributed by atoms with Gasteiger partial charge in [-0.2, -0.15) is 0 Å². The summed E-state index contributed by atoms with van der Waals surface area (Å²) in [5.41, 5.74) is 6.58. The van der Waals surface area contributed by atoms with Crippen LogP contribution in [0.1, 0.15) is 33.9 Å². The van der Waals surface area contributed by atoms with Crippen molar-refractivity contribution in [2.45, 2.75) is 49.3 Å². The summed E-state index contributed by atoms with van der Waals surface area (Å²) in [6, 6.07) is 6.34. The number of nitrogens with one attached hydrogen (secondary N) is 2. The van der Waals surface area contributed by atoms with Gasteiger partial charge in [0.15, 0.2) is 5.03 Å². The summed E-state index contributed by atoms with van der Waals surface area (Å²) in [5.74, 6) is -1.77. The molecule has 3 heterocycles. The molecular formula is C24H29N7O5S2. The highest BCUT2D eigenvalue weighted by molar-refractivity contribution is 7.89. The number of aromatic nitrogens is 3. The first kappa shape index (κ1) is 27.4. The van der Waals surface area contributed by atoms with Crippen LogP contribution in [0.4, 0.5) is 0 Å². The average molecular weight is 560 g/mol. The summed E-state index contributed by atoms with van der Waals surface area (Å²) in [6.07, 6.45) is 3.18. The minimum absolute atomic E-state index is 0.0103. The fourth-order valence-electron chi connectivity index (χ4n) is 4.32. The van der Waals surface area contributed by atoms with Gasteiger partial charge < -0.3 is 20.5 Å². The van der Waals surface area contributed by atoms with Crippen LogP contribution < -0.4 is 15.8 Å². The first-order valence-corrected chi connectivity index (χ1v) is 14.3. The van der Waals surface area contributed by atoms with Crippen LogP contribution in [0, 0.1) is 6.92 Å². The number of benzene rings is 1. The van der Waals surface area contributed by atoms with Gasteiger partial charge in [0.1, 0.15) is 17.8 Å². The van der Waals surface area contributed by atoms with Crippen molar-refractivity contribution in [3.05, 3.63) is 64.5 Å². The second kappa shape index (κ2) is 11.4.